The topological polar surface area (TPSA) is 81.0 Å². The van der Waals surface area contributed by atoms with Crippen molar-refractivity contribution in [2.24, 2.45) is 0 Å². The summed E-state index contributed by atoms with van der Waals surface area (Å²) >= 11 is 3.37. The summed E-state index contributed by atoms with van der Waals surface area (Å²) < 4.78 is 40.2. The summed E-state index contributed by atoms with van der Waals surface area (Å²) in [6.07, 6.45) is -4.69. The zero-order valence-electron chi connectivity index (χ0n) is 14.7. The van der Waals surface area contributed by atoms with Gasteiger partial charge in [-0.15, -0.1) is 0 Å². The molecule has 0 bridgehead atoms. The molecule has 1 heterocycles. The smallest absolute Gasteiger partial charge is 0.363 e. The van der Waals surface area contributed by atoms with E-state index >= 15 is 0 Å². The van der Waals surface area contributed by atoms with Crippen LogP contribution in [-0.2, 0) is 6.18 Å². The van der Waals surface area contributed by atoms with Crippen molar-refractivity contribution in [3.05, 3.63) is 67.9 Å². The van der Waals surface area contributed by atoms with Gasteiger partial charge in [0.25, 0.3) is 5.69 Å². The summed E-state index contributed by atoms with van der Waals surface area (Å²) in [6, 6.07) is 7.28. The Bertz CT molecular complexity index is 1070. The minimum absolute atomic E-state index is 0.126. The van der Waals surface area contributed by atoms with Gasteiger partial charge in [-0.3, -0.25) is 10.1 Å². The van der Waals surface area contributed by atoms with Crippen LogP contribution in [0.4, 0.5) is 24.7 Å². The first-order valence-electron chi connectivity index (χ1n) is 8.11. The molecule has 3 rings (SSSR count). The third-order valence-electron chi connectivity index (χ3n) is 4.10. The monoisotopic (exact) mass is 454 g/mol. The number of aryl methyl sites for hydroxylation is 1. The fourth-order valence-electron chi connectivity index (χ4n) is 2.77. The van der Waals surface area contributed by atoms with Gasteiger partial charge in [0.2, 0.25) is 0 Å². The van der Waals surface area contributed by atoms with E-state index in [1.54, 1.807) is 26.0 Å². The molecule has 0 aliphatic heterocycles. The fraction of sp³-hybridized carbons (Fsp3) is 0.222. The Balaban J connectivity index is 2.05. The summed E-state index contributed by atoms with van der Waals surface area (Å²) in [5.74, 6) is 0.913. The standard InChI is InChI=1S/C18H14BrF3N4O2/c1-9(11-5-12(18(20,21)22)7-14(6-11)26(27)28)23-17-15-8-13(19)3-4-16(15)24-10(2)25-17/h3-9H,1-2H3,(H,23,24,25). The third kappa shape index (κ3) is 4.22. The lowest BCUT2D eigenvalue weighted by Crippen LogP contribution is -2.12. The van der Waals surface area contributed by atoms with Gasteiger partial charge in [0, 0.05) is 22.0 Å². The van der Waals surface area contributed by atoms with Gasteiger partial charge in [-0.1, -0.05) is 15.9 Å². The number of non-ortho nitro benzene ring substituents is 1. The first-order chi connectivity index (χ1) is 13.0. The summed E-state index contributed by atoms with van der Waals surface area (Å²) in [5, 5.41) is 14.8. The summed E-state index contributed by atoms with van der Waals surface area (Å²) in [5.41, 5.74) is -0.900. The van der Waals surface area contributed by atoms with E-state index in [9.17, 15) is 23.3 Å². The van der Waals surface area contributed by atoms with E-state index in [2.05, 4.69) is 31.2 Å². The summed E-state index contributed by atoms with van der Waals surface area (Å²) in [6.45, 7) is 3.31. The van der Waals surface area contributed by atoms with Gasteiger partial charge in [0.1, 0.15) is 11.6 Å². The maximum atomic E-state index is 13.1. The number of aromatic nitrogens is 2. The number of rotatable bonds is 4. The van der Waals surface area contributed by atoms with E-state index in [1.807, 2.05) is 6.07 Å². The Labute approximate surface area is 166 Å². The molecule has 0 fully saturated rings. The van der Waals surface area contributed by atoms with Gasteiger partial charge in [-0.05, 0) is 43.7 Å². The molecule has 146 valence electrons. The minimum atomic E-state index is -4.69. The largest absolute Gasteiger partial charge is 0.416 e. The molecule has 28 heavy (non-hydrogen) atoms. The normalized spacial score (nSPS) is 12.8. The van der Waals surface area contributed by atoms with Gasteiger partial charge in [-0.25, -0.2) is 9.97 Å². The number of alkyl halides is 3. The van der Waals surface area contributed by atoms with Gasteiger partial charge in [0.05, 0.1) is 22.0 Å². The van der Waals surface area contributed by atoms with Gasteiger partial charge >= 0.3 is 6.18 Å². The molecule has 0 amide bonds. The van der Waals surface area contributed by atoms with E-state index in [0.717, 1.165) is 16.6 Å². The first kappa shape index (κ1) is 20.0. The molecule has 1 atom stereocenters. The quantitative estimate of drug-likeness (QED) is 0.397. The maximum Gasteiger partial charge on any atom is 0.416 e. The van der Waals surface area contributed by atoms with Crippen molar-refractivity contribution in [1.29, 1.82) is 0 Å². The molecule has 0 saturated carbocycles. The Morgan fingerprint density at radius 2 is 1.89 bits per heavy atom. The van der Waals surface area contributed by atoms with Crippen molar-refractivity contribution in [2.75, 3.05) is 5.32 Å². The van der Waals surface area contributed by atoms with E-state index in [-0.39, 0.29) is 5.56 Å². The fourth-order valence-corrected chi connectivity index (χ4v) is 3.13. The second-order valence-electron chi connectivity index (χ2n) is 6.22. The van der Waals surface area contributed by atoms with Crippen LogP contribution in [0.15, 0.2) is 40.9 Å². The number of nitrogens with zero attached hydrogens (tertiary/aromatic N) is 3. The Morgan fingerprint density at radius 1 is 1.18 bits per heavy atom. The Morgan fingerprint density at radius 3 is 2.54 bits per heavy atom. The average molecular weight is 455 g/mol. The highest BCUT2D eigenvalue weighted by molar-refractivity contribution is 9.10. The van der Waals surface area contributed by atoms with Crippen LogP contribution < -0.4 is 5.32 Å². The molecular weight excluding hydrogens is 441 g/mol. The SMILES string of the molecule is Cc1nc(NC(C)c2cc([N+](=O)[O-])cc(C(F)(F)F)c2)c2cc(Br)ccc2n1. The second-order valence-corrected chi connectivity index (χ2v) is 7.13. The number of benzene rings is 2. The molecule has 1 N–H and O–H groups in total. The third-order valence-corrected chi connectivity index (χ3v) is 4.59. The molecule has 1 unspecified atom stereocenters. The van der Waals surface area contributed by atoms with Crippen molar-refractivity contribution in [3.8, 4) is 0 Å². The number of anilines is 1. The molecule has 0 aliphatic rings. The lowest BCUT2D eigenvalue weighted by Gasteiger charge is -2.18. The van der Waals surface area contributed by atoms with E-state index < -0.39 is 28.4 Å². The second kappa shape index (κ2) is 7.34. The molecule has 2 aromatic carbocycles. The summed E-state index contributed by atoms with van der Waals surface area (Å²) in [4.78, 5) is 18.9. The zero-order valence-corrected chi connectivity index (χ0v) is 16.3. The van der Waals surface area contributed by atoms with Crippen molar-refractivity contribution in [1.82, 2.24) is 9.97 Å². The van der Waals surface area contributed by atoms with Gasteiger partial charge in [0.15, 0.2) is 0 Å². The predicted molar refractivity (Wildman–Crippen MR) is 102 cm³/mol. The lowest BCUT2D eigenvalue weighted by atomic mass is 10.0. The molecule has 0 spiro atoms. The Kier molecular flexibility index (Phi) is 5.24. The van der Waals surface area contributed by atoms with Gasteiger partial charge in [-0.2, -0.15) is 13.2 Å². The minimum Gasteiger partial charge on any atom is -0.363 e. The highest BCUT2D eigenvalue weighted by atomic mass is 79.9. The number of nitrogens with one attached hydrogen (secondary N) is 1. The molecule has 6 nitrogen and oxygen atoms in total. The number of hydrogen-bond acceptors (Lipinski definition) is 5. The number of fused-ring (bicyclic) bond motifs is 1. The highest BCUT2D eigenvalue weighted by Crippen LogP contribution is 2.35. The van der Waals surface area contributed by atoms with Crippen molar-refractivity contribution in [3.63, 3.8) is 0 Å². The summed E-state index contributed by atoms with van der Waals surface area (Å²) in [7, 11) is 0. The van der Waals surface area contributed by atoms with Crippen molar-refractivity contribution in [2.45, 2.75) is 26.1 Å². The average Bonchev–Trinajstić information content (AvgIpc) is 2.61. The van der Waals surface area contributed by atoms with Crippen molar-refractivity contribution < 1.29 is 18.1 Å². The molecule has 0 radical (unpaired) electrons. The van der Waals surface area contributed by atoms with Crippen LogP contribution >= 0.6 is 15.9 Å². The number of halogens is 4. The molecule has 10 heteroatoms. The molecule has 3 aromatic rings. The molecular formula is C18H14BrF3N4O2. The zero-order chi connectivity index (χ0) is 20.6. The molecule has 1 aromatic heterocycles. The Hall–Kier alpha value is -2.75. The van der Waals surface area contributed by atoms with Crippen LogP contribution in [0, 0.1) is 17.0 Å². The van der Waals surface area contributed by atoms with Crippen LogP contribution in [0.1, 0.15) is 29.9 Å². The number of hydrogen-bond donors (Lipinski definition) is 1. The van der Waals surface area contributed by atoms with Gasteiger partial charge < -0.3 is 5.32 Å². The van der Waals surface area contributed by atoms with Crippen molar-refractivity contribution >= 4 is 38.3 Å². The molecule has 0 saturated heterocycles. The highest BCUT2D eigenvalue weighted by Gasteiger charge is 2.33. The van der Waals surface area contributed by atoms with E-state index in [1.165, 1.54) is 0 Å². The van der Waals surface area contributed by atoms with Crippen LogP contribution in [0.5, 0.6) is 0 Å². The molecule has 0 aliphatic carbocycles. The predicted octanol–water partition coefficient (Wildman–Crippen LogP) is 5.80. The van der Waals surface area contributed by atoms with E-state index in [4.69, 9.17) is 0 Å². The van der Waals surface area contributed by atoms with Crippen LogP contribution in [0.2, 0.25) is 0 Å². The van der Waals surface area contributed by atoms with E-state index in [0.29, 0.717) is 28.6 Å². The van der Waals surface area contributed by atoms with Crippen LogP contribution in [-0.4, -0.2) is 14.9 Å². The number of nitro groups is 1. The number of nitro benzene ring substituents is 1. The first-order valence-corrected chi connectivity index (χ1v) is 8.91. The van der Waals surface area contributed by atoms with Crippen LogP contribution in [0.25, 0.3) is 10.9 Å². The van der Waals surface area contributed by atoms with Crippen LogP contribution in [0.3, 0.4) is 0 Å². The lowest BCUT2D eigenvalue weighted by molar-refractivity contribution is -0.385. The maximum absolute atomic E-state index is 13.1.